The highest BCUT2D eigenvalue weighted by Gasteiger charge is 2.03. The normalized spacial score (nSPS) is 10.1. The third-order valence-corrected chi connectivity index (χ3v) is 2.72. The van der Waals surface area contributed by atoms with Gasteiger partial charge in [-0.1, -0.05) is 6.07 Å². The molecule has 0 saturated heterocycles. The van der Waals surface area contributed by atoms with Crippen LogP contribution >= 0.6 is 0 Å². The van der Waals surface area contributed by atoms with Crippen LogP contribution in [-0.2, 0) is 0 Å². The Labute approximate surface area is 106 Å². The molecular weight excluding hydrogens is 226 g/mol. The number of amidine groups is 1. The number of nitrogens with zero attached hydrogens (tertiary/aromatic N) is 1. The minimum absolute atomic E-state index is 0.0689. The lowest BCUT2D eigenvalue weighted by atomic mass is 10.1. The van der Waals surface area contributed by atoms with Gasteiger partial charge in [0.1, 0.15) is 23.0 Å². The van der Waals surface area contributed by atoms with Gasteiger partial charge in [-0.3, -0.25) is 10.4 Å². The van der Waals surface area contributed by atoms with Gasteiger partial charge >= 0.3 is 0 Å². The van der Waals surface area contributed by atoms with E-state index in [2.05, 4.69) is 11.9 Å². The fraction of sp³-hybridized carbons (Fsp3) is 0.143. The van der Waals surface area contributed by atoms with E-state index in [1.165, 1.54) is 11.1 Å². The first-order valence-corrected chi connectivity index (χ1v) is 5.62. The van der Waals surface area contributed by atoms with Crippen LogP contribution in [0.15, 0.2) is 36.5 Å². The van der Waals surface area contributed by atoms with Crippen molar-refractivity contribution in [1.82, 2.24) is 4.98 Å². The topological polar surface area (TPSA) is 72.0 Å². The monoisotopic (exact) mass is 241 g/mol. The van der Waals surface area contributed by atoms with E-state index in [0.717, 1.165) is 5.75 Å². The summed E-state index contributed by atoms with van der Waals surface area (Å²) in [5.74, 6) is 1.32. The molecule has 4 nitrogen and oxygen atoms in total. The summed E-state index contributed by atoms with van der Waals surface area (Å²) in [5, 5.41) is 7.33. The van der Waals surface area contributed by atoms with Gasteiger partial charge in [-0.25, -0.2) is 0 Å². The van der Waals surface area contributed by atoms with E-state index in [0.29, 0.717) is 11.4 Å². The van der Waals surface area contributed by atoms with Crippen molar-refractivity contribution in [3.63, 3.8) is 0 Å². The van der Waals surface area contributed by atoms with Crippen LogP contribution in [-0.4, -0.2) is 10.8 Å². The van der Waals surface area contributed by atoms with Crippen molar-refractivity contribution in [2.75, 3.05) is 0 Å². The molecule has 0 aliphatic heterocycles. The highest BCUT2D eigenvalue weighted by Crippen LogP contribution is 2.23. The Morgan fingerprint density at radius 2 is 1.83 bits per heavy atom. The number of aryl methyl sites for hydroxylation is 2. The number of pyridine rings is 1. The number of benzene rings is 1. The summed E-state index contributed by atoms with van der Waals surface area (Å²) in [5.41, 5.74) is 8.20. The van der Waals surface area contributed by atoms with E-state index in [9.17, 15) is 0 Å². The molecule has 1 heterocycles. The number of nitrogen functional groups attached to an aromatic ring is 1. The second-order valence-corrected chi connectivity index (χ2v) is 4.14. The molecule has 0 aliphatic carbocycles. The summed E-state index contributed by atoms with van der Waals surface area (Å²) in [6.07, 6.45) is 1.58. The minimum Gasteiger partial charge on any atom is -0.457 e. The summed E-state index contributed by atoms with van der Waals surface area (Å²) in [4.78, 5) is 3.98. The third-order valence-electron chi connectivity index (χ3n) is 2.72. The zero-order valence-corrected chi connectivity index (χ0v) is 10.4. The molecule has 0 aliphatic rings. The Kier molecular flexibility index (Phi) is 3.28. The van der Waals surface area contributed by atoms with Crippen molar-refractivity contribution in [1.29, 1.82) is 5.41 Å². The molecule has 0 amide bonds. The standard InChI is InChI=1S/C14H15N3O/c1-9-3-4-11(7-10(9)2)18-12-5-6-17-13(8-12)14(15)16/h3-8H,1-2H3,(H3,15,16). The van der Waals surface area contributed by atoms with Crippen molar-refractivity contribution >= 4 is 5.84 Å². The lowest BCUT2D eigenvalue weighted by molar-refractivity contribution is 0.481. The molecule has 2 aromatic rings. The van der Waals surface area contributed by atoms with Crippen molar-refractivity contribution in [3.05, 3.63) is 53.3 Å². The predicted molar refractivity (Wildman–Crippen MR) is 71.2 cm³/mol. The van der Waals surface area contributed by atoms with Crippen LogP contribution in [0.2, 0.25) is 0 Å². The van der Waals surface area contributed by atoms with Crippen LogP contribution in [0.3, 0.4) is 0 Å². The summed E-state index contributed by atoms with van der Waals surface area (Å²) in [6.45, 7) is 4.09. The first kappa shape index (κ1) is 12.1. The fourth-order valence-electron chi connectivity index (χ4n) is 1.54. The number of hydrogen-bond donors (Lipinski definition) is 2. The van der Waals surface area contributed by atoms with Crippen LogP contribution in [0, 0.1) is 19.3 Å². The zero-order chi connectivity index (χ0) is 13.1. The SMILES string of the molecule is Cc1ccc(Oc2ccnc(C(=N)N)c2)cc1C. The average molecular weight is 241 g/mol. The smallest absolute Gasteiger partial charge is 0.141 e. The van der Waals surface area contributed by atoms with Gasteiger partial charge < -0.3 is 10.5 Å². The lowest BCUT2D eigenvalue weighted by Crippen LogP contribution is -2.12. The second kappa shape index (κ2) is 4.87. The summed E-state index contributed by atoms with van der Waals surface area (Å²) in [7, 11) is 0. The summed E-state index contributed by atoms with van der Waals surface area (Å²) in [6, 6.07) is 9.29. The molecule has 0 bridgehead atoms. The highest BCUT2D eigenvalue weighted by atomic mass is 16.5. The Bertz CT molecular complexity index is 593. The maximum absolute atomic E-state index is 7.33. The number of rotatable bonds is 3. The third kappa shape index (κ3) is 2.66. The van der Waals surface area contributed by atoms with Crippen LogP contribution in [0.5, 0.6) is 11.5 Å². The van der Waals surface area contributed by atoms with Crippen molar-refractivity contribution in [2.45, 2.75) is 13.8 Å². The summed E-state index contributed by atoms with van der Waals surface area (Å²) < 4.78 is 5.71. The van der Waals surface area contributed by atoms with E-state index in [-0.39, 0.29) is 5.84 Å². The molecule has 0 radical (unpaired) electrons. The first-order chi connectivity index (χ1) is 8.56. The molecule has 1 aromatic carbocycles. The maximum Gasteiger partial charge on any atom is 0.141 e. The van der Waals surface area contributed by atoms with Crippen LogP contribution in [0.25, 0.3) is 0 Å². The van der Waals surface area contributed by atoms with Gasteiger partial charge in [-0.15, -0.1) is 0 Å². The van der Waals surface area contributed by atoms with Gasteiger partial charge in [0.25, 0.3) is 0 Å². The minimum atomic E-state index is -0.0689. The number of nitrogens with two attached hydrogens (primary N) is 1. The van der Waals surface area contributed by atoms with Crippen LogP contribution in [0.1, 0.15) is 16.8 Å². The average Bonchev–Trinajstić information content (AvgIpc) is 2.34. The molecule has 0 saturated carbocycles. The number of ether oxygens (including phenoxy) is 1. The molecule has 0 spiro atoms. The van der Waals surface area contributed by atoms with Gasteiger partial charge in [-0.2, -0.15) is 0 Å². The maximum atomic E-state index is 7.33. The molecule has 1 aromatic heterocycles. The van der Waals surface area contributed by atoms with E-state index < -0.39 is 0 Å². The van der Waals surface area contributed by atoms with Gasteiger partial charge in [-0.05, 0) is 43.2 Å². The Morgan fingerprint density at radius 1 is 1.11 bits per heavy atom. The van der Waals surface area contributed by atoms with Crippen LogP contribution in [0.4, 0.5) is 0 Å². The number of nitrogens with one attached hydrogen (secondary N) is 1. The Morgan fingerprint density at radius 3 is 2.50 bits per heavy atom. The zero-order valence-electron chi connectivity index (χ0n) is 10.4. The van der Waals surface area contributed by atoms with Crippen molar-refractivity contribution in [2.24, 2.45) is 5.73 Å². The number of aromatic nitrogens is 1. The van der Waals surface area contributed by atoms with Crippen LogP contribution < -0.4 is 10.5 Å². The van der Waals surface area contributed by atoms with Crippen molar-refractivity contribution in [3.8, 4) is 11.5 Å². The molecular formula is C14H15N3O. The molecule has 0 atom stereocenters. The molecule has 3 N–H and O–H groups in total. The molecule has 92 valence electrons. The predicted octanol–water partition coefficient (Wildman–Crippen LogP) is 2.77. The second-order valence-electron chi connectivity index (χ2n) is 4.14. The Hall–Kier alpha value is -2.36. The van der Waals surface area contributed by atoms with E-state index in [4.69, 9.17) is 15.9 Å². The molecule has 0 unspecified atom stereocenters. The molecule has 4 heteroatoms. The van der Waals surface area contributed by atoms with Gasteiger partial charge in [0.2, 0.25) is 0 Å². The number of hydrogen-bond acceptors (Lipinski definition) is 3. The van der Waals surface area contributed by atoms with E-state index >= 15 is 0 Å². The summed E-state index contributed by atoms with van der Waals surface area (Å²) >= 11 is 0. The Balaban J connectivity index is 2.25. The quantitative estimate of drug-likeness (QED) is 0.641. The molecule has 2 rings (SSSR count). The van der Waals surface area contributed by atoms with Crippen molar-refractivity contribution < 1.29 is 4.74 Å². The largest absolute Gasteiger partial charge is 0.457 e. The van der Waals surface area contributed by atoms with Gasteiger partial charge in [0.15, 0.2) is 0 Å². The fourth-order valence-corrected chi connectivity index (χ4v) is 1.54. The van der Waals surface area contributed by atoms with Gasteiger partial charge in [0.05, 0.1) is 0 Å². The van der Waals surface area contributed by atoms with E-state index in [1.807, 2.05) is 25.1 Å². The molecule has 18 heavy (non-hydrogen) atoms. The lowest BCUT2D eigenvalue weighted by Gasteiger charge is -2.08. The molecule has 0 fully saturated rings. The first-order valence-electron chi connectivity index (χ1n) is 5.62. The van der Waals surface area contributed by atoms with E-state index in [1.54, 1.807) is 18.3 Å². The van der Waals surface area contributed by atoms with Gasteiger partial charge in [0, 0.05) is 12.3 Å². The highest BCUT2D eigenvalue weighted by molar-refractivity contribution is 5.93.